The van der Waals surface area contributed by atoms with Gasteiger partial charge in [0.1, 0.15) is 5.40 Å². The second-order valence-corrected chi connectivity index (χ2v) is 3.62. The molecule has 1 aromatic rings. The first-order valence-electron chi connectivity index (χ1n) is 4.42. The van der Waals surface area contributed by atoms with Crippen molar-refractivity contribution in [1.29, 1.82) is 5.26 Å². The molecule has 15 heavy (non-hydrogen) atoms. The Labute approximate surface area is 92.5 Å². The van der Waals surface area contributed by atoms with Crippen molar-refractivity contribution < 1.29 is 4.79 Å². The van der Waals surface area contributed by atoms with Crippen LogP contribution in [0.5, 0.6) is 0 Å². The van der Waals surface area contributed by atoms with Gasteiger partial charge in [0.15, 0.2) is 0 Å². The summed E-state index contributed by atoms with van der Waals surface area (Å²) < 4.78 is 0. The third-order valence-corrected chi connectivity index (χ3v) is 2.31. The zero-order valence-electron chi connectivity index (χ0n) is 8.06. The number of nitrogens with zero attached hydrogens (tertiary/aromatic N) is 1. The Kier molecular flexibility index (Phi) is 4.68. The summed E-state index contributed by atoms with van der Waals surface area (Å²) in [6, 6.07) is 6.85. The zero-order valence-corrected chi connectivity index (χ0v) is 8.88. The average Bonchev–Trinajstić information content (AvgIpc) is 2.27. The summed E-state index contributed by atoms with van der Waals surface area (Å²) in [5.41, 5.74) is 5.84. The Morgan fingerprint density at radius 3 is 2.67 bits per heavy atom. The van der Waals surface area contributed by atoms with Gasteiger partial charge in [-0.1, -0.05) is 0 Å². The zero-order chi connectivity index (χ0) is 11.1. The number of nitriles is 1. The molecule has 0 atom stereocenters. The van der Waals surface area contributed by atoms with Gasteiger partial charge in [0.25, 0.3) is 5.91 Å². The second-order valence-electron chi connectivity index (χ2n) is 2.76. The third kappa shape index (κ3) is 3.62. The van der Waals surface area contributed by atoms with Crippen molar-refractivity contribution in [3.63, 3.8) is 0 Å². The van der Waals surface area contributed by atoms with Gasteiger partial charge in [-0.05, 0) is 36.0 Å². The molecule has 0 unspecified atom stereocenters. The van der Waals surface area contributed by atoms with E-state index >= 15 is 0 Å². The van der Waals surface area contributed by atoms with Crippen LogP contribution in [0.4, 0.5) is 0 Å². The lowest BCUT2D eigenvalue weighted by Gasteiger charge is -2.03. The first kappa shape index (κ1) is 11.6. The first-order chi connectivity index (χ1) is 7.27. The van der Waals surface area contributed by atoms with Crippen LogP contribution >= 0.6 is 11.8 Å². The number of thioether (sulfide) groups is 1. The van der Waals surface area contributed by atoms with E-state index in [0.29, 0.717) is 18.7 Å². The second kappa shape index (κ2) is 6.06. The average molecular weight is 221 g/mol. The molecule has 0 aliphatic carbocycles. The number of carbonyl (C=O) groups excluding carboxylic acids is 1. The number of nitrogens with two attached hydrogens (primary N) is 1. The molecule has 0 saturated heterocycles. The topological polar surface area (TPSA) is 78.9 Å². The molecule has 0 aliphatic rings. The number of rotatable bonds is 4. The van der Waals surface area contributed by atoms with E-state index in [-0.39, 0.29) is 5.91 Å². The van der Waals surface area contributed by atoms with Gasteiger partial charge in [-0.25, -0.2) is 0 Å². The fraction of sp³-hybridized carbons (Fsp3) is 0.200. The number of carbonyl (C=O) groups is 1. The summed E-state index contributed by atoms with van der Waals surface area (Å²) in [6.07, 6.45) is 0. The molecule has 0 spiro atoms. The molecule has 78 valence electrons. The SMILES string of the molecule is N#CSc1ccc(C(=O)NCCN)cc1. The largest absolute Gasteiger partial charge is 0.351 e. The van der Waals surface area contributed by atoms with Crippen LogP contribution in [0.25, 0.3) is 0 Å². The predicted octanol–water partition coefficient (Wildman–Crippen LogP) is 0.948. The minimum absolute atomic E-state index is 0.144. The van der Waals surface area contributed by atoms with Crippen LogP contribution in [0.2, 0.25) is 0 Å². The molecule has 1 aromatic carbocycles. The molecule has 4 nitrogen and oxygen atoms in total. The van der Waals surface area contributed by atoms with Gasteiger partial charge in [-0.3, -0.25) is 4.79 Å². The van der Waals surface area contributed by atoms with E-state index in [1.165, 1.54) is 0 Å². The van der Waals surface area contributed by atoms with Crippen molar-refractivity contribution in [3.8, 4) is 5.40 Å². The molecule has 0 fully saturated rings. The third-order valence-electron chi connectivity index (χ3n) is 1.71. The number of hydrogen-bond donors (Lipinski definition) is 2. The summed E-state index contributed by atoms with van der Waals surface area (Å²) in [5.74, 6) is -0.144. The van der Waals surface area contributed by atoms with Gasteiger partial charge in [0.2, 0.25) is 0 Å². The van der Waals surface area contributed by atoms with Gasteiger partial charge in [0, 0.05) is 23.5 Å². The molecule has 0 heterocycles. The molecule has 3 N–H and O–H groups in total. The number of amides is 1. The normalized spacial score (nSPS) is 9.33. The fourth-order valence-electron chi connectivity index (χ4n) is 1.01. The molecule has 0 aromatic heterocycles. The Morgan fingerprint density at radius 2 is 2.13 bits per heavy atom. The van der Waals surface area contributed by atoms with E-state index in [0.717, 1.165) is 16.7 Å². The Morgan fingerprint density at radius 1 is 1.47 bits per heavy atom. The van der Waals surface area contributed by atoms with E-state index in [1.54, 1.807) is 24.3 Å². The van der Waals surface area contributed by atoms with Crippen molar-refractivity contribution in [1.82, 2.24) is 5.32 Å². The summed E-state index contributed by atoms with van der Waals surface area (Å²) in [7, 11) is 0. The Balaban J connectivity index is 2.63. The van der Waals surface area contributed by atoms with Crippen LogP contribution in [0, 0.1) is 10.7 Å². The first-order valence-corrected chi connectivity index (χ1v) is 5.24. The lowest BCUT2D eigenvalue weighted by molar-refractivity contribution is 0.0954. The van der Waals surface area contributed by atoms with Crippen molar-refractivity contribution >= 4 is 17.7 Å². The van der Waals surface area contributed by atoms with Crippen LogP contribution in [-0.2, 0) is 0 Å². The van der Waals surface area contributed by atoms with Gasteiger partial charge in [-0.15, -0.1) is 0 Å². The van der Waals surface area contributed by atoms with Gasteiger partial charge in [0.05, 0.1) is 0 Å². The quantitative estimate of drug-likeness (QED) is 0.586. The molecule has 5 heteroatoms. The Hall–Kier alpha value is -1.51. The summed E-state index contributed by atoms with van der Waals surface area (Å²) >= 11 is 1.07. The molecular weight excluding hydrogens is 210 g/mol. The molecular formula is C10H11N3OS. The highest BCUT2D eigenvalue weighted by Crippen LogP contribution is 2.16. The minimum Gasteiger partial charge on any atom is -0.351 e. The number of hydrogen-bond acceptors (Lipinski definition) is 4. The minimum atomic E-state index is -0.144. The maximum atomic E-state index is 11.4. The smallest absolute Gasteiger partial charge is 0.251 e. The molecule has 1 rings (SSSR count). The highest BCUT2D eigenvalue weighted by molar-refractivity contribution is 8.03. The maximum Gasteiger partial charge on any atom is 0.251 e. The predicted molar refractivity (Wildman–Crippen MR) is 59.3 cm³/mol. The van der Waals surface area contributed by atoms with Crippen LogP contribution < -0.4 is 11.1 Å². The van der Waals surface area contributed by atoms with Crippen LogP contribution in [-0.4, -0.2) is 19.0 Å². The maximum absolute atomic E-state index is 11.4. The number of thiocyanates is 1. The monoisotopic (exact) mass is 221 g/mol. The highest BCUT2D eigenvalue weighted by atomic mass is 32.2. The highest BCUT2D eigenvalue weighted by Gasteiger charge is 2.03. The molecule has 0 radical (unpaired) electrons. The van der Waals surface area contributed by atoms with Crippen LogP contribution in [0.15, 0.2) is 29.2 Å². The number of nitrogens with one attached hydrogen (secondary N) is 1. The molecule has 1 amide bonds. The van der Waals surface area contributed by atoms with E-state index < -0.39 is 0 Å². The van der Waals surface area contributed by atoms with E-state index in [4.69, 9.17) is 11.0 Å². The summed E-state index contributed by atoms with van der Waals surface area (Å²) in [5, 5.41) is 13.1. The lowest BCUT2D eigenvalue weighted by Crippen LogP contribution is -2.28. The van der Waals surface area contributed by atoms with Crippen molar-refractivity contribution in [2.75, 3.05) is 13.1 Å². The van der Waals surface area contributed by atoms with Crippen LogP contribution in [0.1, 0.15) is 10.4 Å². The van der Waals surface area contributed by atoms with Crippen molar-refractivity contribution in [2.24, 2.45) is 5.73 Å². The summed E-state index contributed by atoms with van der Waals surface area (Å²) in [6.45, 7) is 0.891. The fourth-order valence-corrected chi connectivity index (χ4v) is 1.39. The van der Waals surface area contributed by atoms with Gasteiger partial charge in [-0.2, -0.15) is 5.26 Å². The van der Waals surface area contributed by atoms with Gasteiger partial charge < -0.3 is 11.1 Å². The molecule has 0 aliphatic heterocycles. The van der Waals surface area contributed by atoms with Gasteiger partial charge >= 0.3 is 0 Å². The summed E-state index contributed by atoms with van der Waals surface area (Å²) in [4.78, 5) is 12.3. The standard InChI is InChI=1S/C10H11N3OS/c11-5-6-13-10(14)8-1-3-9(4-2-8)15-7-12/h1-4H,5-6,11H2,(H,13,14). The molecule has 0 saturated carbocycles. The van der Waals surface area contributed by atoms with Crippen molar-refractivity contribution in [2.45, 2.75) is 4.90 Å². The van der Waals surface area contributed by atoms with E-state index in [9.17, 15) is 4.79 Å². The molecule has 0 bridgehead atoms. The Bertz CT molecular complexity index is 369. The van der Waals surface area contributed by atoms with E-state index in [2.05, 4.69) is 5.32 Å². The van der Waals surface area contributed by atoms with E-state index in [1.807, 2.05) is 5.40 Å². The number of benzene rings is 1. The lowest BCUT2D eigenvalue weighted by atomic mass is 10.2. The van der Waals surface area contributed by atoms with Crippen molar-refractivity contribution in [3.05, 3.63) is 29.8 Å². The van der Waals surface area contributed by atoms with Crippen LogP contribution in [0.3, 0.4) is 0 Å².